The van der Waals surface area contributed by atoms with Crippen LogP contribution in [0.1, 0.15) is 53.1 Å². The first-order chi connectivity index (χ1) is 18.1. The predicted octanol–water partition coefficient (Wildman–Crippen LogP) is 5.32. The zero-order valence-electron chi connectivity index (χ0n) is 20.9. The van der Waals surface area contributed by atoms with Crippen LogP contribution in [0.4, 0.5) is 0 Å². The van der Waals surface area contributed by atoms with Crippen molar-refractivity contribution in [3.63, 3.8) is 0 Å². The number of rotatable bonds is 5. The van der Waals surface area contributed by atoms with Gasteiger partial charge in [0.05, 0.1) is 17.6 Å². The van der Waals surface area contributed by atoms with E-state index in [0.29, 0.717) is 24.8 Å². The highest BCUT2D eigenvalue weighted by atomic mass is 35.5. The molecule has 0 spiro atoms. The Kier molecular flexibility index (Phi) is 6.57. The fraction of sp³-hybridized carbons (Fsp3) is 0.345. The number of carbonyl (C=O) groups is 1. The Bertz CT molecular complexity index is 1380. The summed E-state index contributed by atoms with van der Waals surface area (Å²) in [6, 6.07) is 10.6. The number of hydrogen-bond acceptors (Lipinski definition) is 5. The van der Waals surface area contributed by atoms with Gasteiger partial charge in [0.25, 0.3) is 5.91 Å². The summed E-state index contributed by atoms with van der Waals surface area (Å²) in [6.07, 6.45) is 11.8. The van der Waals surface area contributed by atoms with Crippen molar-refractivity contribution < 1.29 is 9.21 Å². The van der Waals surface area contributed by atoms with Gasteiger partial charge >= 0.3 is 0 Å². The number of allylic oxidation sites excluding steroid dienone is 5. The maximum absolute atomic E-state index is 12.7. The average molecular weight is 516 g/mol. The van der Waals surface area contributed by atoms with E-state index in [0.717, 1.165) is 55.4 Å². The van der Waals surface area contributed by atoms with E-state index in [1.54, 1.807) is 0 Å². The first-order valence-electron chi connectivity index (χ1n) is 12.9. The summed E-state index contributed by atoms with van der Waals surface area (Å²) in [7, 11) is 0. The Morgan fingerprint density at radius 3 is 2.62 bits per heavy atom. The molecule has 8 heteroatoms. The lowest BCUT2D eigenvalue weighted by molar-refractivity contribution is 0.0596. The third-order valence-corrected chi connectivity index (χ3v) is 7.87. The van der Waals surface area contributed by atoms with Gasteiger partial charge in [-0.2, -0.15) is 0 Å². The number of benzene rings is 1. The van der Waals surface area contributed by atoms with Crippen LogP contribution in [0.25, 0.3) is 17.3 Å². The summed E-state index contributed by atoms with van der Waals surface area (Å²) in [5, 5.41) is 0.890. The van der Waals surface area contributed by atoms with Gasteiger partial charge in [0.2, 0.25) is 5.76 Å². The van der Waals surface area contributed by atoms with Gasteiger partial charge in [0.15, 0.2) is 6.39 Å². The van der Waals surface area contributed by atoms with Crippen LogP contribution < -0.4 is 0 Å². The van der Waals surface area contributed by atoms with Crippen LogP contribution in [-0.4, -0.2) is 56.4 Å². The summed E-state index contributed by atoms with van der Waals surface area (Å²) >= 11 is 6.28. The standard InChI is InChI=1S/C29H30ClN5O2/c1-20-15-27-32-28(22-7-9-23(30)10-8-22)25(35(27)17-24(20)21-5-3-2-4-6-21)18-33-11-13-34(14-12-33)29(36)26-16-31-19-37-26/h2-7,9,16-17,19-20H,8,10-15,18H2,1H3. The second-order valence-electron chi connectivity index (χ2n) is 9.99. The number of amides is 1. The molecule has 3 aliphatic rings. The summed E-state index contributed by atoms with van der Waals surface area (Å²) in [5.74, 6) is 1.69. The van der Waals surface area contributed by atoms with Crippen molar-refractivity contribution in [1.82, 2.24) is 24.3 Å². The lowest BCUT2D eigenvalue weighted by Crippen LogP contribution is -2.48. The molecular weight excluding hydrogens is 486 g/mol. The number of fused-ring (bicyclic) bond motifs is 1. The average Bonchev–Trinajstić information content (AvgIpc) is 3.58. The molecule has 1 aromatic carbocycles. The highest BCUT2D eigenvalue weighted by molar-refractivity contribution is 6.29. The Hall–Kier alpha value is -3.42. The Labute approximate surface area is 221 Å². The SMILES string of the molecule is CC1Cc2nc(C3=CC=C(Cl)CC3)c(CN3CCN(C(=O)c4cnco4)CC3)n2C=C1c1ccccc1. The maximum Gasteiger partial charge on any atom is 0.291 e. The largest absolute Gasteiger partial charge is 0.438 e. The molecule has 6 rings (SSSR count). The number of nitrogens with zero attached hydrogens (tertiary/aromatic N) is 5. The molecule has 0 saturated carbocycles. The smallest absolute Gasteiger partial charge is 0.291 e. The van der Waals surface area contributed by atoms with E-state index < -0.39 is 0 Å². The molecule has 7 nitrogen and oxygen atoms in total. The third-order valence-electron chi connectivity index (χ3n) is 7.56. The number of oxazole rings is 1. The van der Waals surface area contributed by atoms with E-state index in [9.17, 15) is 4.79 Å². The van der Waals surface area contributed by atoms with Gasteiger partial charge in [-0.05, 0) is 41.5 Å². The fourth-order valence-corrected chi connectivity index (χ4v) is 5.63. The second-order valence-corrected chi connectivity index (χ2v) is 10.5. The lowest BCUT2D eigenvalue weighted by atomic mass is 9.90. The molecule has 1 fully saturated rings. The van der Waals surface area contributed by atoms with E-state index in [-0.39, 0.29) is 5.91 Å². The zero-order valence-corrected chi connectivity index (χ0v) is 21.7. The lowest BCUT2D eigenvalue weighted by Gasteiger charge is -2.34. The zero-order chi connectivity index (χ0) is 25.4. The molecule has 2 aliphatic heterocycles. The molecule has 0 N–H and O–H groups in total. The molecule has 1 unspecified atom stereocenters. The van der Waals surface area contributed by atoms with E-state index in [2.05, 4.69) is 64.0 Å². The Balaban J connectivity index is 1.30. The molecule has 0 bridgehead atoms. The van der Waals surface area contributed by atoms with E-state index in [1.165, 1.54) is 35.0 Å². The van der Waals surface area contributed by atoms with Crippen molar-refractivity contribution in [1.29, 1.82) is 0 Å². The van der Waals surface area contributed by atoms with Crippen LogP contribution in [0.2, 0.25) is 0 Å². The molecule has 2 aromatic heterocycles. The van der Waals surface area contributed by atoms with Crippen LogP contribution in [0, 0.1) is 5.92 Å². The highest BCUT2D eigenvalue weighted by Crippen LogP contribution is 2.37. The van der Waals surface area contributed by atoms with E-state index in [1.807, 2.05) is 11.0 Å². The second kappa shape index (κ2) is 10.1. The van der Waals surface area contributed by atoms with Crippen LogP contribution in [-0.2, 0) is 13.0 Å². The van der Waals surface area contributed by atoms with Crippen molar-refractivity contribution >= 4 is 34.9 Å². The number of halogens is 1. The predicted molar refractivity (Wildman–Crippen MR) is 145 cm³/mol. The number of imidazole rings is 1. The molecule has 1 saturated heterocycles. The van der Waals surface area contributed by atoms with Crippen LogP contribution in [0.5, 0.6) is 0 Å². The summed E-state index contributed by atoms with van der Waals surface area (Å²) in [4.78, 5) is 26.0. The molecule has 4 heterocycles. The highest BCUT2D eigenvalue weighted by Gasteiger charge is 2.29. The van der Waals surface area contributed by atoms with Gasteiger partial charge in [-0.3, -0.25) is 9.69 Å². The molecule has 1 aliphatic carbocycles. The molecule has 3 aromatic rings. The van der Waals surface area contributed by atoms with Gasteiger partial charge < -0.3 is 13.9 Å². The monoisotopic (exact) mass is 515 g/mol. The normalized spacial score (nSPS) is 20.2. The number of hydrogen-bond donors (Lipinski definition) is 0. The van der Waals surface area contributed by atoms with Gasteiger partial charge in [0, 0.05) is 50.4 Å². The summed E-state index contributed by atoms with van der Waals surface area (Å²) in [6.45, 7) is 5.93. The third kappa shape index (κ3) is 4.81. The first kappa shape index (κ1) is 23.9. The van der Waals surface area contributed by atoms with Gasteiger partial charge in [0.1, 0.15) is 5.82 Å². The minimum absolute atomic E-state index is 0.0972. The number of aromatic nitrogens is 3. The van der Waals surface area contributed by atoms with Gasteiger partial charge in [-0.15, -0.1) is 0 Å². The fourth-order valence-electron chi connectivity index (χ4n) is 5.47. The van der Waals surface area contributed by atoms with Crippen molar-refractivity contribution in [3.8, 4) is 0 Å². The van der Waals surface area contributed by atoms with Gasteiger partial charge in [-0.1, -0.05) is 54.9 Å². The molecule has 37 heavy (non-hydrogen) atoms. The van der Waals surface area contributed by atoms with Crippen LogP contribution in [0.3, 0.4) is 0 Å². The molecular formula is C29H30ClN5O2. The van der Waals surface area contributed by atoms with E-state index >= 15 is 0 Å². The first-order valence-corrected chi connectivity index (χ1v) is 13.3. The summed E-state index contributed by atoms with van der Waals surface area (Å²) in [5.41, 5.74) is 6.12. The van der Waals surface area contributed by atoms with Crippen LogP contribution in [0.15, 0.2) is 64.5 Å². The number of piperazine rings is 1. The van der Waals surface area contributed by atoms with E-state index in [4.69, 9.17) is 21.0 Å². The van der Waals surface area contributed by atoms with Crippen LogP contribution >= 0.6 is 11.6 Å². The minimum atomic E-state index is -0.0972. The maximum atomic E-state index is 12.7. The Morgan fingerprint density at radius 1 is 1.11 bits per heavy atom. The van der Waals surface area contributed by atoms with Gasteiger partial charge in [-0.25, -0.2) is 9.97 Å². The molecule has 0 radical (unpaired) electrons. The van der Waals surface area contributed by atoms with Crippen molar-refractivity contribution in [3.05, 3.63) is 88.6 Å². The van der Waals surface area contributed by atoms with Crippen molar-refractivity contribution in [2.45, 2.75) is 32.7 Å². The molecule has 190 valence electrons. The molecule has 1 atom stereocenters. The molecule has 1 amide bonds. The quantitative estimate of drug-likeness (QED) is 0.460. The Morgan fingerprint density at radius 2 is 1.92 bits per heavy atom. The topological polar surface area (TPSA) is 67.4 Å². The summed E-state index contributed by atoms with van der Waals surface area (Å²) < 4.78 is 7.54. The van der Waals surface area contributed by atoms with Crippen molar-refractivity contribution in [2.24, 2.45) is 5.92 Å². The van der Waals surface area contributed by atoms with Crippen molar-refractivity contribution in [2.75, 3.05) is 26.2 Å². The minimum Gasteiger partial charge on any atom is -0.438 e. The number of carbonyl (C=O) groups excluding carboxylic acids is 1.